The first-order chi connectivity index (χ1) is 8.81. The molecule has 18 heavy (non-hydrogen) atoms. The van der Waals surface area contributed by atoms with Crippen molar-refractivity contribution in [1.29, 1.82) is 0 Å². The standard InChI is InChI=1S/C15H20N2S/c1-2-12-3-5-13(6-4-12)7-8-15-17-14(9-10-16)11-18-15/h3-6,11H,2,7-10,16H2,1H3. The molecule has 0 aliphatic heterocycles. The van der Waals surface area contributed by atoms with Gasteiger partial charge in [0.2, 0.25) is 0 Å². The van der Waals surface area contributed by atoms with E-state index in [-0.39, 0.29) is 0 Å². The third kappa shape index (κ3) is 3.65. The Morgan fingerprint density at radius 3 is 2.44 bits per heavy atom. The monoisotopic (exact) mass is 260 g/mol. The molecule has 1 heterocycles. The molecule has 3 heteroatoms. The lowest BCUT2D eigenvalue weighted by Crippen LogP contribution is -2.03. The van der Waals surface area contributed by atoms with Crippen LogP contribution in [0.4, 0.5) is 0 Å². The Balaban J connectivity index is 1.89. The fourth-order valence-electron chi connectivity index (χ4n) is 1.92. The minimum atomic E-state index is 0.682. The molecule has 1 aromatic carbocycles. The van der Waals surface area contributed by atoms with E-state index < -0.39 is 0 Å². The van der Waals surface area contributed by atoms with E-state index in [1.807, 2.05) is 0 Å². The van der Waals surface area contributed by atoms with Crippen molar-refractivity contribution >= 4 is 11.3 Å². The van der Waals surface area contributed by atoms with Gasteiger partial charge >= 0.3 is 0 Å². The van der Waals surface area contributed by atoms with Gasteiger partial charge in [0.05, 0.1) is 10.7 Å². The molecule has 0 spiro atoms. The van der Waals surface area contributed by atoms with E-state index in [0.29, 0.717) is 6.54 Å². The van der Waals surface area contributed by atoms with E-state index >= 15 is 0 Å². The van der Waals surface area contributed by atoms with Gasteiger partial charge < -0.3 is 5.73 Å². The Morgan fingerprint density at radius 2 is 1.78 bits per heavy atom. The molecule has 0 unspecified atom stereocenters. The van der Waals surface area contributed by atoms with Crippen molar-refractivity contribution in [3.8, 4) is 0 Å². The van der Waals surface area contributed by atoms with Crippen molar-refractivity contribution in [1.82, 2.24) is 4.98 Å². The van der Waals surface area contributed by atoms with Gasteiger partial charge in [0.1, 0.15) is 0 Å². The molecule has 0 amide bonds. The zero-order valence-corrected chi connectivity index (χ0v) is 11.7. The predicted octanol–water partition coefficient (Wildman–Crippen LogP) is 2.99. The SMILES string of the molecule is CCc1ccc(CCc2nc(CCN)cs2)cc1. The minimum Gasteiger partial charge on any atom is -0.330 e. The van der Waals surface area contributed by atoms with Crippen molar-refractivity contribution in [3.63, 3.8) is 0 Å². The maximum absolute atomic E-state index is 5.53. The van der Waals surface area contributed by atoms with E-state index in [1.54, 1.807) is 11.3 Å². The van der Waals surface area contributed by atoms with Gasteiger partial charge in [-0.25, -0.2) is 4.98 Å². The lowest BCUT2D eigenvalue weighted by atomic mass is 10.1. The van der Waals surface area contributed by atoms with Crippen molar-refractivity contribution in [2.75, 3.05) is 6.54 Å². The van der Waals surface area contributed by atoms with Gasteiger partial charge in [-0.2, -0.15) is 0 Å². The highest BCUT2D eigenvalue weighted by Crippen LogP contribution is 2.14. The number of aryl methyl sites for hydroxylation is 3. The second-order valence-electron chi connectivity index (χ2n) is 4.44. The highest BCUT2D eigenvalue weighted by molar-refractivity contribution is 7.09. The topological polar surface area (TPSA) is 38.9 Å². The van der Waals surface area contributed by atoms with Crippen LogP contribution in [0.3, 0.4) is 0 Å². The van der Waals surface area contributed by atoms with E-state index in [1.165, 1.54) is 16.1 Å². The first-order valence-corrected chi connectivity index (χ1v) is 7.41. The second-order valence-corrected chi connectivity index (χ2v) is 5.38. The molecule has 0 atom stereocenters. The Hall–Kier alpha value is -1.19. The summed E-state index contributed by atoms with van der Waals surface area (Å²) in [6.07, 6.45) is 4.09. The molecular weight excluding hydrogens is 240 g/mol. The summed E-state index contributed by atoms with van der Waals surface area (Å²) in [6.45, 7) is 2.87. The second kappa shape index (κ2) is 6.66. The summed E-state index contributed by atoms with van der Waals surface area (Å²) in [5.74, 6) is 0. The number of thiazole rings is 1. The number of benzene rings is 1. The predicted molar refractivity (Wildman–Crippen MR) is 78.1 cm³/mol. The fraction of sp³-hybridized carbons (Fsp3) is 0.400. The van der Waals surface area contributed by atoms with Crippen molar-refractivity contribution < 1.29 is 0 Å². The zero-order chi connectivity index (χ0) is 12.8. The molecule has 2 N–H and O–H groups in total. The summed E-state index contributed by atoms with van der Waals surface area (Å²) in [5, 5.41) is 3.35. The maximum Gasteiger partial charge on any atom is 0.0931 e. The van der Waals surface area contributed by atoms with Crippen LogP contribution >= 0.6 is 11.3 Å². The molecule has 0 bridgehead atoms. The van der Waals surface area contributed by atoms with Crippen LogP contribution in [-0.2, 0) is 25.7 Å². The fourth-order valence-corrected chi connectivity index (χ4v) is 2.75. The van der Waals surface area contributed by atoms with Gasteiger partial charge in [0, 0.05) is 18.2 Å². The quantitative estimate of drug-likeness (QED) is 0.867. The van der Waals surface area contributed by atoms with Crippen LogP contribution in [0.2, 0.25) is 0 Å². The number of hydrogen-bond acceptors (Lipinski definition) is 3. The molecule has 1 aromatic heterocycles. The molecule has 0 saturated heterocycles. The van der Waals surface area contributed by atoms with Crippen molar-refractivity contribution in [2.45, 2.75) is 32.6 Å². The average Bonchev–Trinajstić information content (AvgIpc) is 2.85. The van der Waals surface area contributed by atoms with E-state index in [4.69, 9.17) is 5.73 Å². The average molecular weight is 260 g/mol. The molecule has 96 valence electrons. The summed E-state index contributed by atoms with van der Waals surface area (Å²) in [6, 6.07) is 8.90. The van der Waals surface area contributed by atoms with Crippen LogP contribution in [0, 0.1) is 0 Å². The van der Waals surface area contributed by atoms with Gasteiger partial charge in [-0.1, -0.05) is 31.2 Å². The van der Waals surface area contributed by atoms with Crippen molar-refractivity contribution in [2.24, 2.45) is 5.73 Å². The first-order valence-electron chi connectivity index (χ1n) is 6.53. The van der Waals surface area contributed by atoms with Gasteiger partial charge in [0.25, 0.3) is 0 Å². The van der Waals surface area contributed by atoms with Crippen molar-refractivity contribution in [3.05, 3.63) is 51.5 Å². The van der Waals surface area contributed by atoms with Crippen LogP contribution in [0.25, 0.3) is 0 Å². The molecule has 0 saturated carbocycles. The number of hydrogen-bond donors (Lipinski definition) is 1. The number of nitrogens with two attached hydrogens (primary N) is 1. The summed E-state index contributed by atoms with van der Waals surface area (Å²) in [5.41, 5.74) is 9.46. The number of aromatic nitrogens is 1. The summed E-state index contributed by atoms with van der Waals surface area (Å²) in [7, 11) is 0. The van der Waals surface area contributed by atoms with Crippen LogP contribution in [-0.4, -0.2) is 11.5 Å². The van der Waals surface area contributed by atoms with Gasteiger partial charge in [-0.15, -0.1) is 11.3 Å². The Kier molecular flexibility index (Phi) is 4.90. The summed E-state index contributed by atoms with van der Waals surface area (Å²) >= 11 is 1.75. The minimum absolute atomic E-state index is 0.682. The van der Waals surface area contributed by atoms with Crippen LogP contribution in [0.5, 0.6) is 0 Å². The lowest BCUT2D eigenvalue weighted by molar-refractivity contribution is 0.892. The molecule has 2 aromatic rings. The van der Waals surface area contributed by atoms with Gasteiger partial charge in [0.15, 0.2) is 0 Å². The van der Waals surface area contributed by atoms with Gasteiger partial charge in [-0.05, 0) is 30.5 Å². The first kappa shape index (κ1) is 13.2. The molecular formula is C15H20N2S. The number of nitrogens with zero attached hydrogens (tertiary/aromatic N) is 1. The molecule has 2 nitrogen and oxygen atoms in total. The number of rotatable bonds is 6. The third-order valence-electron chi connectivity index (χ3n) is 3.06. The van der Waals surface area contributed by atoms with E-state index in [2.05, 4.69) is 41.6 Å². The molecule has 0 aliphatic carbocycles. The molecule has 2 rings (SSSR count). The molecule has 0 fully saturated rings. The van der Waals surface area contributed by atoms with Gasteiger partial charge in [-0.3, -0.25) is 0 Å². The Morgan fingerprint density at radius 1 is 1.06 bits per heavy atom. The van der Waals surface area contributed by atoms with Crippen LogP contribution in [0.1, 0.15) is 28.8 Å². The van der Waals surface area contributed by atoms with E-state index in [9.17, 15) is 0 Å². The highest BCUT2D eigenvalue weighted by atomic mass is 32.1. The zero-order valence-electron chi connectivity index (χ0n) is 10.9. The highest BCUT2D eigenvalue weighted by Gasteiger charge is 2.02. The van der Waals surface area contributed by atoms with Crippen LogP contribution in [0.15, 0.2) is 29.6 Å². The molecule has 0 aliphatic rings. The summed E-state index contributed by atoms with van der Waals surface area (Å²) < 4.78 is 0. The maximum atomic E-state index is 5.53. The Bertz CT molecular complexity index is 473. The largest absolute Gasteiger partial charge is 0.330 e. The smallest absolute Gasteiger partial charge is 0.0931 e. The van der Waals surface area contributed by atoms with E-state index in [0.717, 1.165) is 31.4 Å². The lowest BCUT2D eigenvalue weighted by Gasteiger charge is -2.01. The Labute approximate surface area is 113 Å². The summed E-state index contributed by atoms with van der Waals surface area (Å²) in [4.78, 5) is 4.59. The van der Waals surface area contributed by atoms with Crippen LogP contribution < -0.4 is 5.73 Å². The third-order valence-corrected chi connectivity index (χ3v) is 4.02. The normalized spacial score (nSPS) is 10.8. The molecule has 0 radical (unpaired) electrons.